The van der Waals surface area contributed by atoms with Gasteiger partial charge in [0.25, 0.3) is 5.56 Å². The highest BCUT2D eigenvalue weighted by Crippen LogP contribution is 2.30. The molecule has 1 atom stereocenters. The van der Waals surface area contributed by atoms with Crippen LogP contribution in [0.5, 0.6) is 0 Å². The summed E-state index contributed by atoms with van der Waals surface area (Å²) in [6, 6.07) is 7.85. The predicted octanol–water partition coefficient (Wildman–Crippen LogP) is 3.19. The second kappa shape index (κ2) is 8.09. The van der Waals surface area contributed by atoms with E-state index in [0.717, 1.165) is 11.1 Å². The third-order valence-electron chi connectivity index (χ3n) is 5.08. The lowest BCUT2D eigenvalue weighted by Crippen LogP contribution is -2.33. The number of carboxylic acids is 1. The summed E-state index contributed by atoms with van der Waals surface area (Å²) in [5.74, 6) is -1.38. The van der Waals surface area contributed by atoms with Crippen molar-refractivity contribution in [3.05, 3.63) is 57.6 Å². The normalized spacial score (nSPS) is 12.7. The number of fused-ring (bicyclic) bond motifs is 3. The van der Waals surface area contributed by atoms with E-state index in [2.05, 4.69) is 15.3 Å². The largest absolute Gasteiger partial charge is 0.480 e. The molecule has 3 aromatic heterocycles. The first-order valence-electron chi connectivity index (χ1n) is 9.60. The number of methoxy groups -OCH3 is 1. The number of hydrogen-bond donors (Lipinski definition) is 1. The fourth-order valence-corrected chi connectivity index (χ4v) is 3.83. The summed E-state index contributed by atoms with van der Waals surface area (Å²) < 4.78 is 8.02. The van der Waals surface area contributed by atoms with Gasteiger partial charge in [-0.15, -0.1) is 10.2 Å². The molecule has 0 bridgehead atoms. The smallest absolute Gasteiger partial charge is 0.327 e. The van der Waals surface area contributed by atoms with Crippen LogP contribution in [-0.4, -0.2) is 42.6 Å². The van der Waals surface area contributed by atoms with Crippen molar-refractivity contribution in [3.63, 3.8) is 0 Å². The van der Waals surface area contributed by atoms with Crippen molar-refractivity contribution >= 4 is 34.3 Å². The number of carbonyl (C=O) groups is 1. The van der Waals surface area contributed by atoms with E-state index in [4.69, 9.17) is 16.3 Å². The lowest BCUT2D eigenvalue weighted by Gasteiger charge is -2.19. The Labute approximate surface area is 181 Å². The maximum Gasteiger partial charge on any atom is 0.327 e. The molecule has 4 rings (SSSR count). The predicted molar refractivity (Wildman–Crippen MR) is 115 cm³/mol. The van der Waals surface area contributed by atoms with E-state index in [0.29, 0.717) is 21.9 Å². The van der Waals surface area contributed by atoms with Crippen LogP contribution in [0.3, 0.4) is 0 Å². The summed E-state index contributed by atoms with van der Waals surface area (Å²) in [6.45, 7) is 3.72. The molecule has 0 aliphatic heterocycles. The maximum atomic E-state index is 13.1. The topological polar surface area (TPSA) is 112 Å². The van der Waals surface area contributed by atoms with Gasteiger partial charge in [0.05, 0.1) is 17.9 Å². The van der Waals surface area contributed by atoms with Gasteiger partial charge in [0.2, 0.25) is 0 Å². The van der Waals surface area contributed by atoms with Gasteiger partial charge in [-0.2, -0.15) is 5.10 Å². The number of nitrogens with zero attached hydrogens (tertiary/aromatic N) is 5. The summed E-state index contributed by atoms with van der Waals surface area (Å²) >= 11 is 6.02. The van der Waals surface area contributed by atoms with Gasteiger partial charge in [-0.05, 0) is 29.7 Å². The third kappa shape index (κ3) is 3.55. The second-order valence-corrected chi connectivity index (χ2v) is 7.92. The highest BCUT2D eigenvalue weighted by atomic mass is 35.5. The molecule has 0 saturated heterocycles. The number of ether oxygens (including phenoxy) is 1. The van der Waals surface area contributed by atoms with E-state index in [1.807, 2.05) is 12.1 Å². The first-order valence-corrected chi connectivity index (χ1v) is 9.98. The lowest BCUT2D eigenvalue weighted by atomic mass is 10.0. The molecule has 160 valence electrons. The zero-order valence-electron chi connectivity index (χ0n) is 17.1. The molecule has 0 aliphatic carbocycles. The molecular weight excluding hydrogens is 422 g/mol. The third-order valence-corrected chi connectivity index (χ3v) is 5.33. The number of hydrogen-bond acceptors (Lipinski definition) is 6. The summed E-state index contributed by atoms with van der Waals surface area (Å²) in [4.78, 5) is 24.8. The van der Waals surface area contributed by atoms with Crippen LogP contribution in [0.2, 0.25) is 5.02 Å². The quantitative estimate of drug-likeness (QED) is 0.489. The summed E-state index contributed by atoms with van der Waals surface area (Å²) in [7, 11) is 1.57. The maximum absolute atomic E-state index is 13.1. The monoisotopic (exact) mass is 441 g/mol. The first-order chi connectivity index (χ1) is 14.8. The Hall–Kier alpha value is -3.30. The molecule has 0 fully saturated rings. The van der Waals surface area contributed by atoms with Gasteiger partial charge >= 0.3 is 5.97 Å². The Morgan fingerprint density at radius 3 is 2.52 bits per heavy atom. The van der Waals surface area contributed by atoms with Gasteiger partial charge in [0.15, 0.2) is 11.2 Å². The van der Waals surface area contributed by atoms with E-state index in [1.165, 1.54) is 15.3 Å². The van der Waals surface area contributed by atoms with Gasteiger partial charge in [0.1, 0.15) is 11.6 Å². The fraction of sp³-hybridized carbons (Fsp3) is 0.286. The summed E-state index contributed by atoms with van der Waals surface area (Å²) in [6.07, 6.45) is 1.46. The molecule has 0 unspecified atom stereocenters. The number of carboxylic acid groups (broad SMARTS) is 1. The molecule has 1 N–H and O–H groups in total. The molecule has 3 heterocycles. The van der Waals surface area contributed by atoms with Crippen LogP contribution < -0.4 is 5.56 Å². The van der Waals surface area contributed by atoms with Crippen LogP contribution in [0, 0.1) is 5.92 Å². The molecule has 1 aromatic carbocycles. The SMILES string of the molecule is COCc1nn2c(nnc3c(=O)n([C@@H](C(=O)O)C(C)C)ccc32)c1-c1ccc(Cl)cc1. The number of rotatable bonds is 6. The lowest BCUT2D eigenvalue weighted by molar-refractivity contribution is -0.142. The molecule has 0 aliphatic rings. The Morgan fingerprint density at radius 1 is 1.19 bits per heavy atom. The molecule has 4 aromatic rings. The van der Waals surface area contributed by atoms with Crippen LogP contribution in [0.15, 0.2) is 41.3 Å². The zero-order valence-corrected chi connectivity index (χ0v) is 17.9. The van der Waals surface area contributed by atoms with Crippen molar-refractivity contribution in [1.29, 1.82) is 0 Å². The molecular formula is C21H20ClN5O4. The van der Waals surface area contributed by atoms with Crippen molar-refractivity contribution in [1.82, 2.24) is 24.4 Å². The molecule has 0 radical (unpaired) electrons. The van der Waals surface area contributed by atoms with Crippen LogP contribution in [0.4, 0.5) is 0 Å². The van der Waals surface area contributed by atoms with E-state index in [9.17, 15) is 14.7 Å². The Bertz CT molecular complexity index is 1340. The fourth-order valence-electron chi connectivity index (χ4n) is 3.70. The van der Waals surface area contributed by atoms with Crippen molar-refractivity contribution in [3.8, 4) is 11.1 Å². The average molecular weight is 442 g/mol. The minimum absolute atomic E-state index is 0.0380. The van der Waals surface area contributed by atoms with E-state index in [1.54, 1.807) is 39.2 Å². The number of halogens is 1. The molecule has 0 spiro atoms. The molecule has 9 nitrogen and oxygen atoms in total. The Morgan fingerprint density at radius 2 is 1.90 bits per heavy atom. The van der Waals surface area contributed by atoms with Crippen molar-refractivity contribution in [2.75, 3.05) is 7.11 Å². The highest BCUT2D eigenvalue weighted by Gasteiger charge is 2.26. The average Bonchev–Trinajstić information content (AvgIpc) is 3.08. The first kappa shape index (κ1) is 21.0. The van der Waals surface area contributed by atoms with Crippen LogP contribution in [0.1, 0.15) is 25.6 Å². The van der Waals surface area contributed by atoms with Crippen molar-refractivity contribution in [2.45, 2.75) is 26.5 Å². The van der Waals surface area contributed by atoms with Crippen molar-refractivity contribution in [2.24, 2.45) is 5.92 Å². The van der Waals surface area contributed by atoms with Gasteiger partial charge in [0, 0.05) is 18.3 Å². The van der Waals surface area contributed by atoms with Gasteiger partial charge in [-0.1, -0.05) is 37.6 Å². The van der Waals surface area contributed by atoms with E-state index < -0.39 is 17.6 Å². The second-order valence-electron chi connectivity index (χ2n) is 7.49. The molecule has 31 heavy (non-hydrogen) atoms. The minimum atomic E-state index is -1.09. The van der Waals surface area contributed by atoms with Crippen LogP contribution in [0.25, 0.3) is 27.8 Å². The van der Waals surface area contributed by atoms with E-state index in [-0.39, 0.29) is 18.0 Å². The molecule has 0 amide bonds. The summed E-state index contributed by atoms with van der Waals surface area (Å²) in [5.41, 5.74) is 2.57. The molecule has 10 heteroatoms. The number of pyridine rings is 1. The van der Waals surface area contributed by atoms with Gasteiger partial charge in [-0.3, -0.25) is 9.36 Å². The van der Waals surface area contributed by atoms with Crippen LogP contribution >= 0.6 is 11.6 Å². The minimum Gasteiger partial charge on any atom is -0.480 e. The molecule has 0 saturated carbocycles. The number of aliphatic carboxylic acids is 1. The van der Waals surface area contributed by atoms with Crippen LogP contribution in [-0.2, 0) is 16.1 Å². The van der Waals surface area contributed by atoms with Gasteiger partial charge in [-0.25, -0.2) is 9.31 Å². The number of benzene rings is 1. The van der Waals surface area contributed by atoms with Crippen molar-refractivity contribution < 1.29 is 14.6 Å². The number of aromatic nitrogens is 5. The zero-order chi connectivity index (χ0) is 22.3. The van der Waals surface area contributed by atoms with E-state index >= 15 is 0 Å². The van der Waals surface area contributed by atoms with Gasteiger partial charge < -0.3 is 9.84 Å². The Balaban J connectivity index is 1.99. The Kier molecular flexibility index (Phi) is 5.47. The standard InChI is InChI=1S/C21H20ClN5O4/c1-11(2)18(21(29)30)26-9-8-15-17(20(26)28)23-24-19-16(12-4-6-13(22)7-5-12)14(10-31-3)25-27(15)19/h4-9,11,18H,10H2,1-3H3,(H,29,30)/t18-/m1/s1. The highest BCUT2D eigenvalue weighted by molar-refractivity contribution is 6.30. The summed E-state index contributed by atoms with van der Waals surface area (Å²) in [5, 5.41) is 23.2.